The number of hydrogen-bond acceptors (Lipinski definition) is 3. The van der Waals surface area contributed by atoms with Gasteiger partial charge in [-0.2, -0.15) is 0 Å². The zero-order valence-corrected chi connectivity index (χ0v) is 13.5. The van der Waals surface area contributed by atoms with Crippen molar-refractivity contribution < 1.29 is 9.21 Å². The smallest absolute Gasteiger partial charge is 0.288 e. The van der Waals surface area contributed by atoms with Gasteiger partial charge in [-0.05, 0) is 30.7 Å². The van der Waals surface area contributed by atoms with Crippen molar-refractivity contribution in [3.63, 3.8) is 0 Å². The van der Waals surface area contributed by atoms with Crippen molar-refractivity contribution in [2.45, 2.75) is 13.0 Å². The van der Waals surface area contributed by atoms with Gasteiger partial charge >= 0.3 is 0 Å². The summed E-state index contributed by atoms with van der Waals surface area (Å²) in [5, 5.41) is 3.62. The molecular formula is C17H16ClN3O2. The first kappa shape index (κ1) is 15.4. The summed E-state index contributed by atoms with van der Waals surface area (Å²) in [4.78, 5) is 16.9. The number of halogens is 1. The van der Waals surface area contributed by atoms with E-state index in [0.717, 1.165) is 17.0 Å². The van der Waals surface area contributed by atoms with Crippen molar-refractivity contribution in [2.24, 2.45) is 7.05 Å². The third kappa shape index (κ3) is 3.14. The molecule has 118 valence electrons. The van der Waals surface area contributed by atoms with Crippen molar-refractivity contribution in [1.82, 2.24) is 14.9 Å². The summed E-state index contributed by atoms with van der Waals surface area (Å²) in [7, 11) is 1.88. The first-order valence-electron chi connectivity index (χ1n) is 7.14. The third-order valence-electron chi connectivity index (χ3n) is 3.66. The zero-order valence-electron chi connectivity index (χ0n) is 12.8. The second kappa shape index (κ2) is 6.30. The average molecular weight is 330 g/mol. The Labute approximate surface area is 138 Å². The van der Waals surface area contributed by atoms with E-state index >= 15 is 0 Å². The number of furan rings is 1. The van der Waals surface area contributed by atoms with E-state index in [2.05, 4.69) is 10.3 Å². The predicted molar refractivity (Wildman–Crippen MR) is 87.4 cm³/mol. The molecule has 0 bridgehead atoms. The molecule has 6 heteroatoms. The third-order valence-corrected chi connectivity index (χ3v) is 3.92. The van der Waals surface area contributed by atoms with Crippen LogP contribution in [0.15, 0.2) is 53.4 Å². The number of benzene rings is 1. The van der Waals surface area contributed by atoms with Gasteiger partial charge in [-0.15, -0.1) is 0 Å². The number of aromatic nitrogens is 2. The van der Waals surface area contributed by atoms with Crippen LogP contribution in [-0.4, -0.2) is 15.5 Å². The molecule has 3 aromatic rings. The fourth-order valence-electron chi connectivity index (χ4n) is 2.41. The maximum atomic E-state index is 12.5. The molecule has 0 aliphatic carbocycles. The molecule has 0 spiro atoms. The first-order chi connectivity index (χ1) is 11.1. The Morgan fingerprint density at radius 3 is 2.61 bits per heavy atom. The Hall–Kier alpha value is -2.53. The fraction of sp³-hybridized carbons (Fsp3) is 0.176. The molecule has 0 aliphatic rings. The summed E-state index contributed by atoms with van der Waals surface area (Å²) >= 11 is 5.96. The number of amides is 1. The molecule has 0 saturated heterocycles. The van der Waals surface area contributed by atoms with Gasteiger partial charge in [0.05, 0.1) is 6.26 Å². The second-order valence-corrected chi connectivity index (χ2v) is 5.72. The van der Waals surface area contributed by atoms with Gasteiger partial charge in [-0.3, -0.25) is 4.79 Å². The highest BCUT2D eigenvalue weighted by molar-refractivity contribution is 6.30. The monoisotopic (exact) mass is 329 g/mol. The minimum atomic E-state index is -0.399. The van der Waals surface area contributed by atoms with Crippen LogP contribution in [0.4, 0.5) is 0 Å². The number of imidazole rings is 1. The maximum Gasteiger partial charge on any atom is 0.288 e. The molecule has 2 aromatic heterocycles. The average Bonchev–Trinajstić information content (AvgIpc) is 3.14. The van der Waals surface area contributed by atoms with Crippen LogP contribution in [-0.2, 0) is 7.05 Å². The SMILES string of the molecule is Cc1ccoc1C(=O)NC(c1ccc(Cl)cc1)c1nccn1C. The molecule has 0 saturated carbocycles. The number of nitrogens with one attached hydrogen (secondary N) is 1. The molecule has 0 aliphatic heterocycles. The van der Waals surface area contributed by atoms with E-state index in [1.54, 1.807) is 24.4 Å². The topological polar surface area (TPSA) is 60.1 Å². The normalized spacial score (nSPS) is 12.1. The standard InChI is InChI=1S/C17H16ClN3O2/c1-11-7-10-23-15(11)17(22)20-14(16-19-8-9-21(16)2)12-3-5-13(18)6-4-12/h3-10,14H,1-2H3,(H,20,22). The minimum Gasteiger partial charge on any atom is -0.459 e. The summed E-state index contributed by atoms with van der Waals surface area (Å²) in [5.41, 5.74) is 1.68. The van der Waals surface area contributed by atoms with E-state index in [1.807, 2.05) is 36.9 Å². The van der Waals surface area contributed by atoms with Crippen molar-refractivity contribution in [1.29, 1.82) is 0 Å². The molecule has 0 radical (unpaired) electrons. The van der Waals surface area contributed by atoms with Crippen LogP contribution in [0.3, 0.4) is 0 Å². The van der Waals surface area contributed by atoms with Crippen LogP contribution >= 0.6 is 11.6 Å². The highest BCUT2D eigenvalue weighted by Crippen LogP contribution is 2.23. The van der Waals surface area contributed by atoms with Crippen molar-refractivity contribution in [3.05, 3.63) is 76.7 Å². The van der Waals surface area contributed by atoms with Crippen molar-refractivity contribution >= 4 is 17.5 Å². The number of aryl methyl sites for hydroxylation is 2. The summed E-state index contributed by atoms with van der Waals surface area (Å²) < 4.78 is 7.14. The lowest BCUT2D eigenvalue weighted by atomic mass is 10.1. The molecule has 1 unspecified atom stereocenters. The molecule has 0 fully saturated rings. The summed E-state index contributed by atoms with van der Waals surface area (Å²) in [6.07, 6.45) is 5.04. The maximum absolute atomic E-state index is 12.5. The van der Waals surface area contributed by atoms with Crippen molar-refractivity contribution in [3.8, 4) is 0 Å². The molecule has 1 atom stereocenters. The number of rotatable bonds is 4. The molecule has 5 nitrogen and oxygen atoms in total. The van der Waals surface area contributed by atoms with E-state index < -0.39 is 6.04 Å². The Morgan fingerprint density at radius 1 is 1.30 bits per heavy atom. The highest BCUT2D eigenvalue weighted by Gasteiger charge is 2.23. The lowest BCUT2D eigenvalue weighted by Crippen LogP contribution is -2.31. The number of hydrogen-bond donors (Lipinski definition) is 1. The molecular weight excluding hydrogens is 314 g/mol. The number of carbonyl (C=O) groups is 1. The molecule has 1 N–H and O–H groups in total. The van der Waals surface area contributed by atoms with Crippen LogP contribution in [0.2, 0.25) is 5.02 Å². The molecule has 1 aromatic carbocycles. The van der Waals surface area contributed by atoms with E-state index in [0.29, 0.717) is 10.8 Å². The van der Waals surface area contributed by atoms with Gasteiger partial charge in [-0.1, -0.05) is 23.7 Å². The van der Waals surface area contributed by atoms with E-state index in [4.69, 9.17) is 16.0 Å². The largest absolute Gasteiger partial charge is 0.459 e. The minimum absolute atomic E-state index is 0.282. The van der Waals surface area contributed by atoms with Crippen molar-refractivity contribution in [2.75, 3.05) is 0 Å². The highest BCUT2D eigenvalue weighted by atomic mass is 35.5. The molecule has 1 amide bonds. The van der Waals surface area contributed by atoms with Crippen LogP contribution in [0.25, 0.3) is 0 Å². The van der Waals surface area contributed by atoms with Gasteiger partial charge in [0.1, 0.15) is 11.9 Å². The number of nitrogens with zero attached hydrogens (tertiary/aromatic N) is 2. The summed E-state index contributed by atoms with van der Waals surface area (Å²) in [6.45, 7) is 1.83. The van der Waals surface area contributed by atoms with Gasteiger partial charge in [0.25, 0.3) is 5.91 Å². The van der Waals surface area contributed by atoms with Gasteiger partial charge in [0, 0.05) is 30.0 Å². The Kier molecular flexibility index (Phi) is 4.21. The van der Waals surface area contributed by atoms with Gasteiger partial charge in [-0.25, -0.2) is 4.98 Å². The van der Waals surface area contributed by atoms with Gasteiger partial charge < -0.3 is 14.3 Å². The molecule has 23 heavy (non-hydrogen) atoms. The van der Waals surface area contributed by atoms with Crippen LogP contribution in [0.1, 0.15) is 33.5 Å². The van der Waals surface area contributed by atoms with E-state index in [1.165, 1.54) is 6.26 Å². The van der Waals surface area contributed by atoms with E-state index in [-0.39, 0.29) is 5.91 Å². The van der Waals surface area contributed by atoms with Crippen LogP contribution in [0, 0.1) is 6.92 Å². The zero-order chi connectivity index (χ0) is 16.4. The van der Waals surface area contributed by atoms with Crippen LogP contribution in [0.5, 0.6) is 0 Å². The van der Waals surface area contributed by atoms with Gasteiger partial charge in [0.15, 0.2) is 5.76 Å². The predicted octanol–water partition coefficient (Wildman–Crippen LogP) is 3.49. The number of carbonyl (C=O) groups excluding carboxylic acids is 1. The lowest BCUT2D eigenvalue weighted by molar-refractivity contribution is 0.0912. The summed E-state index contributed by atoms with van der Waals surface area (Å²) in [6, 6.07) is 8.68. The van der Waals surface area contributed by atoms with Crippen LogP contribution < -0.4 is 5.32 Å². The summed E-state index contributed by atoms with van der Waals surface area (Å²) in [5.74, 6) is 0.749. The quantitative estimate of drug-likeness (QED) is 0.797. The van der Waals surface area contributed by atoms with Gasteiger partial charge in [0.2, 0.25) is 0 Å². The fourth-order valence-corrected chi connectivity index (χ4v) is 2.54. The lowest BCUT2D eigenvalue weighted by Gasteiger charge is -2.19. The Balaban J connectivity index is 1.96. The molecule has 3 rings (SSSR count). The second-order valence-electron chi connectivity index (χ2n) is 5.29. The first-order valence-corrected chi connectivity index (χ1v) is 7.51. The Morgan fingerprint density at radius 2 is 2.04 bits per heavy atom. The Bertz CT molecular complexity index is 820. The van der Waals surface area contributed by atoms with E-state index in [9.17, 15) is 4.79 Å². The molecule has 2 heterocycles.